The van der Waals surface area contributed by atoms with Crippen molar-refractivity contribution in [2.45, 2.75) is 25.4 Å². The van der Waals surface area contributed by atoms with Crippen LogP contribution in [-0.4, -0.2) is 44.3 Å². The molecule has 2 aliphatic heterocycles. The van der Waals surface area contributed by atoms with E-state index in [0.29, 0.717) is 19.3 Å². The Morgan fingerprint density at radius 2 is 1.89 bits per heavy atom. The molecule has 0 bridgehead atoms. The zero-order valence-electron chi connectivity index (χ0n) is 11.5. The highest BCUT2D eigenvalue weighted by Crippen LogP contribution is 2.31. The lowest BCUT2D eigenvalue weighted by Crippen LogP contribution is -2.40. The van der Waals surface area contributed by atoms with Gasteiger partial charge in [-0.25, -0.2) is 0 Å². The summed E-state index contributed by atoms with van der Waals surface area (Å²) in [7, 11) is 2.06. The predicted molar refractivity (Wildman–Crippen MR) is 74.8 cm³/mol. The van der Waals surface area contributed by atoms with Crippen LogP contribution in [0.1, 0.15) is 18.4 Å². The minimum absolute atomic E-state index is 0.657. The summed E-state index contributed by atoms with van der Waals surface area (Å²) in [4.78, 5) is 2.51. The van der Waals surface area contributed by atoms with Gasteiger partial charge in [-0.15, -0.1) is 0 Å². The van der Waals surface area contributed by atoms with E-state index in [0.717, 1.165) is 18.0 Å². The molecule has 1 fully saturated rings. The van der Waals surface area contributed by atoms with Crippen LogP contribution in [0.4, 0.5) is 0 Å². The maximum atomic E-state index is 5.63. The van der Waals surface area contributed by atoms with Gasteiger partial charge in [0, 0.05) is 12.6 Å². The van der Waals surface area contributed by atoms with Crippen molar-refractivity contribution in [3.8, 4) is 11.5 Å². The fourth-order valence-corrected chi connectivity index (χ4v) is 2.82. The predicted octanol–water partition coefficient (Wildman–Crippen LogP) is 1.64. The molecule has 1 N–H and O–H groups in total. The Balaban J connectivity index is 1.61. The number of nitrogens with one attached hydrogen (secondary N) is 1. The molecule has 4 heteroatoms. The second-order valence-electron chi connectivity index (χ2n) is 5.32. The summed E-state index contributed by atoms with van der Waals surface area (Å²) in [5, 5.41) is 3.37. The van der Waals surface area contributed by atoms with E-state index in [-0.39, 0.29) is 0 Å². The molecular weight excluding hydrogens is 240 g/mol. The van der Waals surface area contributed by atoms with Crippen molar-refractivity contribution in [3.05, 3.63) is 23.8 Å². The first-order chi connectivity index (χ1) is 9.35. The summed E-state index contributed by atoms with van der Waals surface area (Å²) in [6, 6.07) is 7.00. The molecule has 0 spiro atoms. The number of likely N-dealkylation sites (tertiary alicyclic amines) is 1. The first-order valence-electron chi connectivity index (χ1n) is 7.13. The molecule has 0 unspecified atom stereocenters. The van der Waals surface area contributed by atoms with Crippen molar-refractivity contribution in [1.29, 1.82) is 0 Å². The minimum Gasteiger partial charge on any atom is -0.486 e. The monoisotopic (exact) mass is 262 g/mol. The summed E-state index contributed by atoms with van der Waals surface area (Å²) in [5.41, 5.74) is 1.31. The second-order valence-corrected chi connectivity index (χ2v) is 5.32. The Morgan fingerprint density at radius 1 is 1.16 bits per heavy atom. The highest BCUT2D eigenvalue weighted by atomic mass is 16.6. The van der Waals surface area contributed by atoms with E-state index in [1.54, 1.807) is 0 Å². The highest BCUT2D eigenvalue weighted by molar-refractivity contribution is 5.43. The maximum absolute atomic E-state index is 5.63. The number of nitrogens with zero attached hydrogens (tertiary/aromatic N) is 1. The van der Waals surface area contributed by atoms with E-state index in [2.05, 4.69) is 29.4 Å². The van der Waals surface area contributed by atoms with Gasteiger partial charge in [-0.05, 0) is 50.7 Å². The number of piperidine rings is 1. The number of hydrogen-bond donors (Lipinski definition) is 1. The Labute approximate surface area is 114 Å². The second kappa shape index (κ2) is 5.80. The fourth-order valence-electron chi connectivity index (χ4n) is 2.82. The Hall–Kier alpha value is -1.26. The van der Waals surface area contributed by atoms with E-state index in [9.17, 15) is 0 Å². The molecule has 0 radical (unpaired) electrons. The molecule has 0 atom stereocenters. The molecule has 0 aliphatic carbocycles. The number of ether oxygens (including phenoxy) is 2. The van der Waals surface area contributed by atoms with Gasteiger partial charge < -0.3 is 14.8 Å². The quantitative estimate of drug-likeness (QED) is 0.898. The summed E-state index contributed by atoms with van der Waals surface area (Å²) in [5.74, 6) is 1.78. The van der Waals surface area contributed by atoms with Crippen molar-refractivity contribution < 1.29 is 9.47 Å². The molecular formula is C15H22N2O2. The number of benzene rings is 1. The van der Waals surface area contributed by atoms with Gasteiger partial charge in [-0.2, -0.15) is 0 Å². The summed E-state index contributed by atoms with van der Waals surface area (Å²) in [6.45, 7) is 4.65. The van der Waals surface area contributed by atoms with Crippen LogP contribution in [-0.2, 0) is 6.54 Å². The Bertz CT molecular complexity index is 428. The largest absolute Gasteiger partial charge is 0.486 e. The van der Waals surface area contributed by atoms with Gasteiger partial charge >= 0.3 is 0 Å². The molecule has 19 heavy (non-hydrogen) atoms. The summed E-state index contributed by atoms with van der Waals surface area (Å²) in [6.07, 6.45) is 2.47. The molecule has 1 aromatic carbocycles. The van der Waals surface area contributed by atoms with Gasteiger partial charge in [0.2, 0.25) is 0 Å². The van der Waals surface area contributed by atoms with E-state index in [1.165, 1.54) is 31.5 Å². The molecule has 2 heterocycles. The highest BCUT2D eigenvalue weighted by Gasteiger charge is 2.18. The van der Waals surface area contributed by atoms with Crippen molar-refractivity contribution in [3.63, 3.8) is 0 Å². The van der Waals surface area contributed by atoms with Crippen molar-refractivity contribution >= 4 is 0 Å². The van der Waals surface area contributed by atoms with Crippen LogP contribution in [0, 0.1) is 0 Å². The van der Waals surface area contributed by atoms with Gasteiger partial charge in [-0.3, -0.25) is 4.90 Å². The zero-order chi connectivity index (χ0) is 13.1. The van der Waals surface area contributed by atoms with Gasteiger partial charge in [0.05, 0.1) is 0 Å². The Morgan fingerprint density at radius 3 is 2.63 bits per heavy atom. The van der Waals surface area contributed by atoms with Gasteiger partial charge in [0.1, 0.15) is 13.2 Å². The van der Waals surface area contributed by atoms with Gasteiger partial charge in [-0.1, -0.05) is 6.07 Å². The first-order valence-corrected chi connectivity index (χ1v) is 7.13. The van der Waals surface area contributed by atoms with Crippen LogP contribution in [0.25, 0.3) is 0 Å². The minimum atomic E-state index is 0.657. The smallest absolute Gasteiger partial charge is 0.161 e. The standard InChI is InChI=1S/C15H22N2O2/c1-16-13-4-6-17(7-5-13)11-12-2-3-14-15(10-12)19-9-8-18-14/h2-3,10,13,16H,4-9,11H2,1H3. The normalized spacial score (nSPS) is 20.5. The molecule has 0 amide bonds. The molecule has 0 saturated carbocycles. The Kier molecular flexibility index (Phi) is 3.89. The molecule has 4 nitrogen and oxygen atoms in total. The molecule has 2 aliphatic rings. The van der Waals surface area contributed by atoms with Crippen LogP contribution in [0.5, 0.6) is 11.5 Å². The summed E-state index contributed by atoms with van der Waals surface area (Å²) >= 11 is 0. The summed E-state index contributed by atoms with van der Waals surface area (Å²) < 4.78 is 11.2. The average molecular weight is 262 g/mol. The van der Waals surface area contributed by atoms with E-state index >= 15 is 0 Å². The lowest BCUT2D eigenvalue weighted by molar-refractivity contribution is 0.170. The molecule has 3 rings (SSSR count). The topological polar surface area (TPSA) is 33.7 Å². The number of fused-ring (bicyclic) bond motifs is 1. The third-order valence-electron chi connectivity index (χ3n) is 4.01. The molecule has 104 valence electrons. The van der Waals surface area contributed by atoms with Gasteiger partial charge in [0.25, 0.3) is 0 Å². The molecule has 1 saturated heterocycles. The third kappa shape index (κ3) is 3.01. The van der Waals surface area contributed by atoms with Crippen LogP contribution < -0.4 is 14.8 Å². The van der Waals surface area contributed by atoms with Crippen LogP contribution in [0.3, 0.4) is 0 Å². The number of rotatable bonds is 3. The molecule has 0 aromatic heterocycles. The van der Waals surface area contributed by atoms with Crippen LogP contribution in [0.15, 0.2) is 18.2 Å². The van der Waals surface area contributed by atoms with E-state index < -0.39 is 0 Å². The van der Waals surface area contributed by atoms with Crippen molar-refractivity contribution in [1.82, 2.24) is 10.2 Å². The SMILES string of the molecule is CNC1CCN(Cc2ccc3c(c2)OCCO3)CC1. The van der Waals surface area contributed by atoms with Crippen LogP contribution >= 0.6 is 0 Å². The maximum Gasteiger partial charge on any atom is 0.161 e. The van der Waals surface area contributed by atoms with Crippen LogP contribution in [0.2, 0.25) is 0 Å². The average Bonchev–Trinajstić information content (AvgIpc) is 2.48. The van der Waals surface area contributed by atoms with Crippen molar-refractivity contribution in [2.75, 3.05) is 33.4 Å². The first kappa shape index (κ1) is 12.8. The van der Waals surface area contributed by atoms with Gasteiger partial charge in [0.15, 0.2) is 11.5 Å². The third-order valence-corrected chi connectivity index (χ3v) is 4.01. The fraction of sp³-hybridized carbons (Fsp3) is 0.600. The van der Waals surface area contributed by atoms with Crippen molar-refractivity contribution in [2.24, 2.45) is 0 Å². The lowest BCUT2D eigenvalue weighted by atomic mass is 10.0. The lowest BCUT2D eigenvalue weighted by Gasteiger charge is -2.32. The zero-order valence-corrected chi connectivity index (χ0v) is 11.5. The molecule has 1 aromatic rings. The number of hydrogen-bond acceptors (Lipinski definition) is 4. The van der Waals surface area contributed by atoms with E-state index in [4.69, 9.17) is 9.47 Å². The van der Waals surface area contributed by atoms with E-state index in [1.807, 2.05) is 6.07 Å².